The van der Waals surface area contributed by atoms with Gasteiger partial charge < -0.3 is 5.32 Å². The highest BCUT2D eigenvalue weighted by Crippen LogP contribution is 2.23. The monoisotopic (exact) mass is 403 g/mol. The number of halogens is 2. The van der Waals surface area contributed by atoms with Crippen molar-refractivity contribution < 1.29 is 4.79 Å². The van der Waals surface area contributed by atoms with Gasteiger partial charge in [-0.05, 0) is 38.5 Å². The van der Waals surface area contributed by atoms with E-state index in [1.54, 1.807) is 24.4 Å². The fourth-order valence-corrected chi connectivity index (χ4v) is 2.93. The van der Waals surface area contributed by atoms with Gasteiger partial charge in [-0.25, -0.2) is 0 Å². The number of amides is 1. The number of hydrogen-bond donors (Lipinski definition) is 3. The first kappa shape index (κ1) is 19.5. The van der Waals surface area contributed by atoms with Crippen molar-refractivity contribution in [3.63, 3.8) is 0 Å². The third-order valence-electron chi connectivity index (χ3n) is 3.52. The van der Waals surface area contributed by atoms with Gasteiger partial charge in [0.15, 0.2) is 0 Å². The molecule has 1 heterocycles. The summed E-state index contributed by atoms with van der Waals surface area (Å²) in [6.45, 7) is 4.54. The molecule has 0 fully saturated rings. The van der Waals surface area contributed by atoms with Crippen LogP contribution in [0.15, 0.2) is 30.6 Å². The Bertz CT molecular complexity index is 712. The smallest absolute Gasteiger partial charge is 0.252 e. The van der Waals surface area contributed by atoms with Crippen LogP contribution in [0.3, 0.4) is 0 Å². The van der Waals surface area contributed by atoms with Gasteiger partial charge in [-0.1, -0.05) is 23.2 Å². The number of rotatable bonds is 6. The van der Waals surface area contributed by atoms with Crippen LogP contribution in [0.5, 0.6) is 0 Å². The number of nitrogens with zero attached hydrogens (tertiary/aromatic N) is 2. The molecule has 0 aliphatic heterocycles. The standard InChI is InChI=1S/C16H19Cl2N3OS2/c1-16(2,11-8-19-21(9-11)4-3-14(23)24)20-15(22)10-5-12(17)7-13(18)6-10/h5-9,14,23-24H,3-4H2,1-2H3,(H,20,22). The second-order valence-electron chi connectivity index (χ2n) is 6.00. The number of aryl methyl sites for hydroxylation is 1. The molecule has 0 unspecified atom stereocenters. The quantitative estimate of drug-likeness (QED) is 0.493. The molecule has 0 spiro atoms. The van der Waals surface area contributed by atoms with Crippen molar-refractivity contribution in [3.05, 3.63) is 51.8 Å². The van der Waals surface area contributed by atoms with Crippen molar-refractivity contribution in [2.75, 3.05) is 0 Å². The number of nitrogens with one attached hydrogen (secondary N) is 1. The SMILES string of the molecule is CC(C)(NC(=O)c1cc(Cl)cc(Cl)c1)c1cnn(CCC(S)S)c1. The summed E-state index contributed by atoms with van der Waals surface area (Å²) in [5, 5.41) is 8.14. The summed E-state index contributed by atoms with van der Waals surface area (Å²) < 4.78 is 1.83. The van der Waals surface area contributed by atoms with Gasteiger partial charge in [0.2, 0.25) is 0 Å². The van der Waals surface area contributed by atoms with E-state index >= 15 is 0 Å². The van der Waals surface area contributed by atoms with Crippen LogP contribution in [0.4, 0.5) is 0 Å². The third-order valence-corrected chi connectivity index (χ3v) is 4.47. The molecule has 1 aromatic carbocycles. The second kappa shape index (κ2) is 8.04. The van der Waals surface area contributed by atoms with Crippen LogP contribution < -0.4 is 5.32 Å². The maximum Gasteiger partial charge on any atom is 0.252 e. The zero-order chi connectivity index (χ0) is 17.9. The van der Waals surface area contributed by atoms with Crippen molar-refractivity contribution in [1.82, 2.24) is 15.1 Å². The van der Waals surface area contributed by atoms with Crippen LogP contribution in [0.2, 0.25) is 10.0 Å². The van der Waals surface area contributed by atoms with Crippen molar-refractivity contribution in [2.24, 2.45) is 0 Å². The fourth-order valence-electron chi connectivity index (χ4n) is 2.17. The van der Waals surface area contributed by atoms with E-state index in [1.807, 2.05) is 24.7 Å². The highest BCUT2D eigenvalue weighted by atomic mass is 35.5. The minimum Gasteiger partial charge on any atom is -0.343 e. The highest BCUT2D eigenvalue weighted by molar-refractivity contribution is 7.99. The second-order valence-corrected chi connectivity index (χ2v) is 8.53. The number of aromatic nitrogens is 2. The summed E-state index contributed by atoms with van der Waals surface area (Å²) >= 11 is 20.4. The molecule has 1 amide bonds. The zero-order valence-corrected chi connectivity index (χ0v) is 16.6. The fraction of sp³-hybridized carbons (Fsp3) is 0.375. The lowest BCUT2D eigenvalue weighted by molar-refractivity contribution is 0.0912. The van der Waals surface area contributed by atoms with E-state index in [2.05, 4.69) is 35.7 Å². The zero-order valence-electron chi connectivity index (χ0n) is 13.3. The maximum atomic E-state index is 12.5. The predicted octanol–water partition coefficient (Wildman–Crippen LogP) is 4.43. The first-order chi connectivity index (χ1) is 11.2. The van der Waals surface area contributed by atoms with Crippen molar-refractivity contribution in [1.29, 1.82) is 0 Å². The summed E-state index contributed by atoms with van der Waals surface area (Å²) in [7, 11) is 0. The molecule has 0 saturated carbocycles. The minimum atomic E-state index is -0.592. The Kier molecular flexibility index (Phi) is 6.53. The van der Waals surface area contributed by atoms with Crippen LogP contribution in [0.1, 0.15) is 36.2 Å². The minimum absolute atomic E-state index is 0.0120. The molecule has 2 rings (SSSR count). The van der Waals surface area contributed by atoms with Crippen LogP contribution in [-0.2, 0) is 12.1 Å². The molecule has 4 nitrogen and oxygen atoms in total. The summed E-state index contributed by atoms with van der Waals surface area (Å²) in [4.78, 5) is 12.5. The van der Waals surface area contributed by atoms with E-state index in [-0.39, 0.29) is 10.5 Å². The van der Waals surface area contributed by atoms with Crippen molar-refractivity contribution in [3.8, 4) is 0 Å². The molecule has 2 aromatic rings. The first-order valence-corrected chi connectivity index (χ1v) is 9.14. The number of hydrogen-bond acceptors (Lipinski definition) is 4. The van der Waals surface area contributed by atoms with Crippen molar-refractivity contribution in [2.45, 2.75) is 36.9 Å². The maximum absolute atomic E-state index is 12.5. The normalized spacial score (nSPS) is 11.8. The van der Waals surface area contributed by atoms with E-state index in [1.165, 1.54) is 0 Å². The van der Waals surface area contributed by atoms with Gasteiger partial charge in [0.05, 0.1) is 11.7 Å². The Morgan fingerprint density at radius 1 is 1.29 bits per heavy atom. The van der Waals surface area contributed by atoms with Crippen LogP contribution in [0, 0.1) is 0 Å². The molecule has 0 atom stereocenters. The van der Waals surface area contributed by atoms with Gasteiger partial charge in [0.25, 0.3) is 5.91 Å². The molecule has 0 aliphatic carbocycles. The predicted molar refractivity (Wildman–Crippen MR) is 106 cm³/mol. The molecule has 130 valence electrons. The van der Waals surface area contributed by atoms with Gasteiger partial charge >= 0.3 is 0 Å². The molecule has 0 bridgehead atoms. The Hall–Kier alpha value is -0.820. The van der Waals surface area contributed by atoms with Gasteiger partial charge in [0.1, 0.15) is 0 Å². The van der Waals surface area contributed by atoms with Gasteiger partial charge in [-0.15, -0.1) is 0 Å². The summed E-state index contributed by atoms with van der Waals surface area (Å²) in [6.07, 6.45) is 4.45. The molecule has 8 heteroatoms. The number of carbonyl (C=O) groups is 1. The van der Waals surface area contributed by atoms with Crippen LogP contribution in [0.25, 0.3) is 0 Å². The molecule has 1 N–H and O–H groups in total. The highest BCUT2D eigenvalue weighted by Gasteiger charge is 2.25. The molecule has 24 heavy (non-hydrogen) atoms. The molecular formula is C16H19Cl2N3OS2. The topological polar surface area (TPSA) is 46.9 Å². The van der Waals surface area contributed by atoms with Crippen molar-refractivity contribution >= 4 is 54.4 Å². The molecule has 0 saturated heterocycles. The average molecular weight is 404 g/mol. The van der Waals surface area contributed by atoms with E-state index in [4.69, 9.17) is 23.2 Å². The Morgan fingerprint density at radius 2 is 1.92 bits per heavy atom. The Labute approximate surface area is 162 Å². The lowest BCUT2D eigenvalue weighted by Crippen LogP contribution is -2.40. The average Bonchev–Trinajstić information content (AvgIpc) is 2.93. The number of thiol groups is 2. The number of benzene rings is 1. The van der Waals surface area contributed by atoms with Crippen LogP contribution in [-0.4, -0.2) is 20.3 Å². The lowest BCUT2D eigenvalue weighted by Gasteiger charge is -2.25. The van der Waals surface area contributed by atoms with Gasteiger partial charge in [-0.2, -0.15) is 30.4 Å². The van der Waals surface area contributed by atoms with E-state index in [0.29, 0.717) is 22.2 Å². The first-order valence-electron chi connectivity index (χ1n) is 7.35. The summed E-state index contributed by atoms with van der Waals surface area (Å²) in [6, 6.07) is 4.76. The summed E-state index contributed by atoms with van der Waals surface area (Å²) in [5.41, 5.74) is 0.727. The Morgan fingerprint density at radius 3 is 2.50 bits per heavy atom. The molecule has 0 aliphatic rings. The number of carbonyl (C=O) groups excluding carboxylic acids is 1. The van der Waals surface area contributed by atoms with Gasteiger partial charge in [0, 0.05) is 38.5 Å². The van der Waals surface area contributed by atoms with E-state index in [9.17, 15) is 4.79 Å². The van der Waals surface area contributed by atoms with E-state index in [0.717, 1.165) is 12.0 Å². The Balaban J connectivity index is 2.11. The van der Waals surface area contributed by atoms with Crippen LogP contribution >= 0.6 is 48.5 Å². The molecule has 1 aromatic heterocycles. The van der Waals surface area contributed by atoms with Gasteiger partial charge in [-0.3, -0.25) is 9.48 Å². The lowest BCUT2D eigenvalue weighted by atomic mass is 9.97. The third kappa shape index (κ3) is 5.34. The largest absolute Gasteiger partial charge is 0.343 e. The van der Waals surface area contributed by atoms with E-state index < -0.39 is 5.54 Å². The molecule has 0 radical (unpaired) electrons. The summed E-state index contributed by atoms with van der Waals surface area (Å²) in [5.74, 6) is -0.247. The molecular weight excluding hydrogens is 385 g/mol.